The third-order valence-electron chi connectivity index (χ3n) is 2.23. The van der Waals surface area contributed by atoms with Gasteiger partial charge in [-0.3, -0.25) is 4.79 Å². The zero-order valence-electron chi connectivity index (χ0n) is 9.91. The predicted molar refractivity (Wildman–Crippen MR) is 70.3 cm³/mol. The Morgan fingerprint density at radius 1 is 1.37 bits per heavy atom. The lowest BCUT2D eigenvalue weighted by molar-refractivity contribution is -0.137. The second kappa shape index (κ2) is 6.58. The smallest absolute Gasteiger partial charge is 0.323 e. The third-order valence-corrected chi connectivity index (χ3v) is 2.83. The fourth-order valence-electron chi connectivity index (χ4n) is 1.34. The average molecular weight is 309 g/mol. The molecule has 1 rings (SSSR count). The van der Waals surface area contributed by atoms with Crippen molar-refractivity contribution in [3.05, 3.63) is 28.0 Å². The van der Waals surface area contributed by atoms with Gasteiger partial charge in [-0.05, 0) is 19.1 Å². The normalized spacial score (nSPS) is 10.1. The zero-order valence-corrected chi connectivity index (χ0v) is 11.4. The van der Waals surface area contributed by atoms with Crippen molar-refractivity contribution in [1.82, 2.24) is 4.90 Å². The van der Waals surface area contributed by atoms with Crippen molar-refractivity contribution in [2.24, 2.45) is 0 Å². The Balaban J connectivity index is 2.90. The second-order valence-electron chi connectivity index (χ2n) is 3.58. The van der Waals surface area contributed by atoms with Crippen molar-refractivity contribution in [1.29, 1.82) is 0 Å². The summed E-state index contributed by atoms with van der Waals surface area (Å²) in [5, 5.41) is 10.9. The van der Waals surface area contributed by atoms with Crippen LogP contribution in [0.1, 0.15) is 6.92 Å². The number of urea groups is 1. The third kappa shape index (κ3) is 4.25. The Hall–Kier alpha value is -1.53. The average Bonchev–Trinajstić information content (AvgIpc) is 2.30. The molecule has 0 unspecified atom stereocenters. The first kappa shape index (κ1) is 15.5. The van der Waals surface area contributed by atoms with E-state index in [2.05, 4.69) is 5.32 Å². The number of nitrogens with one attached hydrogen (secondary N) is 1. The molecule has 0 atom stereocenters. The SMILES string of the molecule is CCN(CC(=O)O)C(=O)Nc1c(Cl)cc(F)cc1Cl. The fourth-order valence-corrected chi connectivity index (χ4v) is 1.89. The zero-order chi connectivity index (χ0) is 14.6. The number of carbonyl (C=O) groups excluding carboxylic acids is 1. The summed E-state index contributed by atoms with van der Waals surface area (Å²) in [7, 11) is 0. The quantitative estimate of drug-likeness (QED) is 0.898. The van der Waals surface area contributed by atoms with Crippen molar-refractivity contribution < 1.29 is 19.1 Å². The summed E-state index contributed by atoms with van der Waals surface area (Å²) in [6.45, 7) is 1.35. The summed E-state index contributed by atoms with van der Waals surface area (Å²) in [6.07, 6.45) is 0. The van der Waals surface area contributed by atoms with Gasteiger partial charge in [0.15, 0.2) is 0 Å². The van der Waals surface area contributed by atoms with Gasteiger partial charge in [-0.15, -0.1) is 0 Å². The van der Waals surface area contributed by atoms with Crippen LogP contribution in [0.2, 0.25) is 10.0 Å². The lowest BCUT2D eigenvalue weighted by atomic mass is 10.3. The molecule has 0 bridgehead atoms. The number of rotatable bonds is 4. The molecule has 0 aromatic heterocycles. The number of aliphatic carboxylic acids is 1. The van der Waals surface area contributed by atoms with Gasteiger partial charge in [0.25, 0.3) is 0 Å². The highest BCUT2D eigenvalue weighted by Crippen LogP contribution is 2.31. The standard InChI is InChI=1S/C11H11Cl2FN2O3/c1-2-16(5-9(17)18)11(19)15-10-7(12)3-6(14)4-8(10)13/h3-4H,2,5H2,1H3,(H,15,19)(H,17,18). The van der Waals surface area contributed by atoms with Crippen molar-refractivity contribution in [3.8, 4) is 0 Å². The van der Waals surface area contributed by atoms with E-state index in [4.69, 9.17) is 28.3 Å². The second-order valence-corrected chi connectivity index (χ2v) is 4.40. The van der Waals surface area contributed by atoms with E-state index in [1.54, 1.807) is 6.92 Å². The molecule has 0 aliphatic rings. The maximum absolute atomic E-state index is 13.0. The number of benzene rings is 1. The Morgan fingerprint density at radius 2 is 1.89 bits per heavy atom. The van der Waals surface area contributed by atoms with Crippen LogP contribution in [-0.2, 0) is 4.79 Å². The first-order chi connectivity index (χ1) is 8.85. The van der Waals surface area contributed by atoms with E-state index in [0.29, 0.717) is 0 Å². The fraction of sp³-hybridized carbons (Fsp3) is 0.273. The van der Waals surface area contributed by atoms with Crippen LogP contribution < -0.4 is 5.32 Å². The number of nitrogens with zero attached hydrogens (tertiary/aromatic N) is 1. The molecule has 2 amide bonds. The number of hydrogen-bond acceptors (Lipinski definition) is 2. The number of carboxylic acid groups (broad SMARTS) is 1. The van der Waals surface area contributed by atoms with Gasteiger partial charge in [-0.2, -0.15) is 0 Å². The van der Waals surface area contributed by atoms with E-state index in [1.165, 1.54) is 0 Å². The van der Waals surface area contributed by atoms with Gasteiger partial charge in [0.05, 0.1) is 15.7 Å². The number of amides is 2. The highest BCUT2D eigenvalue weighted by atomic mass is 35.5. The van der Waals surface area contributed by atoms with Gasteiger partial charge in [-0.1, -0.05) is 23.2 Å². The minimum Gasteiger partial charge on any atom is -0.480 e. The molecule has 0 saturated carbocycles. The van der Waals surface area contributed by atoms with Crippen LogP contribution in [0.5, 0.6) is 0 Å². The molecule has 104 valence electrons. The van der Waals surface area contributed by atoms with E-state index in [9.17, 15) is 14.0 Å². The molecule has 2 N–H and O–H groups in total. The predicted octanol–water partition coefficient (Wildman–Crippen LogP) is 3.07. The number of anilines is 1. The molecule has 0 fully saturated rings. The van der Waals surface area contributed by atoms with Crippen LogP contribution in [0.4, 0.5) is 14.9 Å². The summed E-state index contributed by atoms with van der Waals surface area (Å²) in [4.78, 5) is 23.4. The molecule has 0 aliphatic carbocycles. The summed E-state index contributed by atoms with van der Waals surface area (Å²) in [5.41, 5.74) is 0.0403. The van der Waals surface area contributed by atoms with E-state index in [1.807, 2.05) is 0 Å². The number of carbonyl (C=O) groups is 2. The minimum absolute atomic E-state index is 0.0403. The molecule has 0 saturated heterocycles. The van der Waals surface area contributed by atoms with Crippen LogP contribution in [0, 0.1) is 5.82 Å². The Kier molecular flexibility index (Phi) is 5.38. The summed E-state index contributed by atoms with van der Waals surface area (Å²) < 4.78 is 13.0. The van der Waals surface area contributed by atoms with Gasteiger partial charge < -0.3 is 15.3 Å². The van der Waals surface area contributed by atoms with E-state index in [-0.39, 0.29) is 22.3 Å². The summed E-state index contributed by atoms with van der Waals surface area (Å²) in [6, 6.07) is 1.31. The monoisotopic (exact) mass is 308 g/mol. The Bertz CT molecular complexity index is 488. The summed E-state index contributed by atoms with van der Waals surface area (Å²) >= 11 is 11.5. The van der Waals surface area contributed by atoms with E-state index < -0.39 is 24.4 Å². The molecule has 5 nitrogen and oxygen atoms in total. The Morgan fingerprint density at radius 3 is 2.32 bits per heavy atom. The molecular weight excluding hydrogens is 298 g/mol. The summed E-state index contributed by atoms with van der Waals surface area (Å²) in [5.74, 6) is -1.78. The molecular formula is C11H11Cl2FN2O3. The Labute approximate surface area is 118 Å². The largest absolute Gasteiger partial charge is 0.480 e. The van der Waals surface area contributed by atoms with Crippen LogP contribution in [0.25, 0.3) is 0 Å². The topological polar surface area (TPSA) is 69.6 Å². The maximum atomic E-state index is 13.0. The highest BCUT2D eigenvalue weighted by Gasteiger charge is 2.18. The van der Waals surface area contributed by atoms with Crippen molar-refractivity contribution in [3.63, 3.8) is 0 Å². The van der Waals surface area contributed by atoms with Crippen molar-refractivity contribution >= 4 is 40.9 Å². The van der Waals surface area contributed by atoms with E-state index >= 15 is 0 Å². The molecule has 19 heavy (non-hydrogen) atoms. The molecule has 1 aromatic rings. The lowest BCUT2D eigenvalue weighted by Crippen LogP contribution is -2.38. The van der Waals surface area contributed by atoms with Crippen LogP contribution in [0.15, 0.2) is 12.1 Å². The van der Waals surface area contributed by atoms with E-state index in [0.717, 1.165) is 17.0 Å². The van der Waals surface area contributed by atoms with Gasteiger partial charge in [0.1, 0.15) is 12.4 Å². The number of halogens is 3. The van der Waals surface area contributed by atoms with Crippen molar-refractivity contribution in [2.75, 3.05) is 18.4 Å². The van der Waals surface area contributed by atoms with Gasteiger partial charge in [0, 0.05) is 6.54 Å². The van der Waals surface area contributed by atoms with Crippen LogP contribution in [-0.4, -0.2) is 35.1 Å². The molecule has 0 spiro atoms. The molecule has 8 heteroatoms. The molecule has 0 aliphatic heterocycles. The lowest BCUT2D eigenvalue weighted by Gasteiger charge is -2.20. The van der Waals surface area contributed by atoms with Gasteiger partial charge >= 0.3 is 12.0 Å². The van der Waals surface area contributed by atoms with Gasteiger partial charge in [-0.25, -0.2) is 9.18 Å². The number of likely N-dealkylation sites (N-methyl/N-ethyl adjacent to an activating group) is 1. The van der Waals surface area contributed by atoms with Gasteiger partial charge in [0.2, 0.25) is 0 Å². The number of hydrogen-bond donors (Lipinski definition) is 2. The van der Waals surface area contributed by atoms with Crippen molar-refractivity contribution in [2.45, 2.75) is 6.92 Å². The molecule has 0 radical (unpaired) electrons. The molecule has 0 heterocycles. The first-order valence-corrected chi connectivity index (χ1v) is 6.03. The maximum Gasteiger partial charge on any atom is 0.323 e. The van der Waals surface area contributed by atoms with Crippen LogP contribution in [0.3, 0.4) is 0 Å². The highest BCUT2D eigenvalue weighted by molar-refractivity contribution is 6.39. The minimum atomic E-state index is -1.15. The molecule has 1 aromatic carbocycles. The number of carboxylic acids is 1. The van der Waals surface area contributed by atoms with Crippen LogP contribution >= 0.6 is 23.2 Å². The first-order valence-electron chi connectivity index (χ1n) is 5.27.